The van der Waals surface area contributed by atoms with E-state index in [4.69, 9.17) is 4.74 Å². The van der Waals surface area contributed by atoms with Crippen LogP contribution in [0.1, 0.15) is 11.6 Å². The molecule has 1 amide bonds. The molecule has 5 nitrogen and oxygen atoms in total. The van der Waals surface area contributed by atoms with Crippen molar-refractivity contribution in [3.8, 4) is 5.75 Å². The minimum Gasteiger partial charge on any atom is -0.496 e. The number of piperazine rings is 1. The second-order valence-electron chi connectivity index (χ2n) is 6.22. The van der Waals surface area contributed by atoms with Crippen molar-refractivity contribution in [3.63, 3.8) is 0 Å². The maximum Gasteiger partial charge on any atom is 0.240 e. The smallest absolute Gasteiger partial charge is 0.240 e. The number of para-hydroxylation sites is 2. The van der Waals surface area contributed by atoms with E-state index in [2.05, 4.69) is 16.3 Å². The van der Waals surface area contributed by atoms with E-state index in [-0.39, 0.29) is 24.4 Å². The largest absolute Gasteiger partial charge is 0.496 e. The van der Waals surface area contributed by atoms with Gasteiger partial charge in [-0.2, -0.15) is 0 Å². The Bertz CT molecular complexity index is 711. The summed E-state index contributed by atoms with van der Waals surface area (Å²) in [5, 5.41) is 3.43. The molecule has 26 heavy (non-hydrogen) atoms. The predicted molar refractivity (Wildman–Crippen MR) is 107 cm³/mol. The summed E-state index contributed by atoms with van der Waals surface area (Å²) >= 11 is 0. The van der Waals surface area contributed by atoms with Gasteiger partial charge in [-0.25, -0.2) is 0 Å². The highest BCUT2D eigenvalue weighted by Crippen LogP contribution is 2.30. The third-order valence-corrected chi connectivity index (χ3v) is 4.71. The molecule has 0 spiro atoms. The van der Waals surface area contributed by atoms with Crippen LogP contribution in [-0.2, 0) is 4.79 Å². The highest BCUT2D eigenvalue weighted by molar-refractivity contribution is 5.94. The van der Waals surface area contributed by atoms with Crippen molar-refractivity contribution in [2.45, 2.75) is 6.04 Å². The van der Waals surface area contributed by atoms with Gasteiger partial charge in [0.2, 0.25) is 5.91 Å². The first-order chi connectivity index (χ1) is 12.2. The molecule has 1 aliphatic rings. The van der Waals surface area contributed by atoms with E-state index < -0.39 is 0 Å². The lowest BCUT2D eigenvalue weighted by atomic mass is 10.0. The SMILES string of the molecule is COc1ccccc1C1CNCCN1CC(=O)N(C)c1ccccc1.Cl. The number of anilines is 1. The molecule has 1 atom stereocenters. The van der Waals surface area contributed by atoms with Crippen molar-refractivity contribution in [1.29, 1.82) is 0 Å². The molecule has 3 rings (SSSR count). The van der Waals surface area contributed by atoms with Crippen LogP contribution in [0.3, 0.4) is 0 Å². The fraction of sp³-hybridized carbons (Fsp3) is 0.350. The average molecular weight is 376 g/mol. The maximum atomic E-state index is 12.8. The van der Waals surface area contributed by atoms with Crippen LogP contribution in [0.25, 0.3) is 0 Å². The molecule has 1 heterocycles. The lowest BCUT2D eigenvalue weighted by Crippen LogP contribution is -2.49. The molecule has 0 aromatic heterocycles. The molecule has 1 saturated heterocycles. The Morgan fingerprint density at radius 2 is 1.88 bits per heavy atom. The number of carbonyl (C=O) groups is 1. The molecule has 1 aliphatic heterocycles. The number of rotatable bonds is 5. The minimum atomic E-state index is 0. The number of amides is 1. The van der Waals surface area contributed by atoms with Crippen LogP contribution in [0, 0.1) is 0 Å². The first kappa shape index (κ1) is 20.2. The number of benzene rings is 2. The quantitative estimate of drug-likeness (QED) is 0.872. The molecular formula is C20H26ClN3O2. The Kier molecular flexibility index (Phi) is 7.45. The summed E-state index contributed by atoms with van der Waals surface area (Å²) < 4.78 is 5.52. The standard InChI is InChI=1S/C20H25N3O2.ClH/c1-22(16-8-4-3-5-9-16)20(24)15-23-13-12-21-14-18(23)17-10-6-7-11-19(17)25-2;/h3-11,18,21H,12-15H2,1-2H3;1H. The van der Waals surface area contributed by atoms with Crippen molar-refractivity contribution >= 4 is 24.0 Å². The summed E-state index contributed by atoms with van der Waals surface area (Å²) in [5.41, 5.74) is 2.03. The molecule has 1 unspecified atom stereocenters. The van der Waals surface area contributed by atoms with E-state index in [1.165, 1.54) is 0 Å². The molecule has 2 aromatic rings. The molecule has 1 N–H and O–H groups in total. The van der Waals surface area contributed by atoms with E-state index in [0.29, 0.717) is 6.54 Å². The van der Waals surface area contributed by atoms with Crippen LogP contribution in [0.4, 0.5) is 5.69 Å². The summed E-state index contributed by atoms with van der Waals surface area (Å²) in [6.45, 7) is 2.91. The van der Waals surface area contributed by atoms with Crippen LogP contribution >= 0.6 is 12.4 Å². The van der Waals surface area contributed by atoms with Crippen molar-refractivity contribution in [3.05, 3.63) is 60.2 Å². The second kappa shape index (κ2) is 9.57. The minimum absolute atomic E-state index is 0. The van der Waals surface area contributed by atoms with Gasteiger partial charge in [0.15, 0.2) is 0 Å². The summed E-state index contributed by atoms with van der Waals surface area (Å²) in [4.78, 5) is 16.7. The van der Waals surface area contributed by atoms with Crippen molar-refractivity contribution in [1.82, 2.24) is 10.2 Å². The third-order valence-electron chi connectivity index (χ3n) is 4.71. The van der Waals surface area contributed by atoms with Gasteiger partial charge in [-0.1, -0.05) is 36.4 Å². The van der Waals surface area contributed by atoms with Gasteiger partial charge in [-0.05, 0) is 18.2 Å². The number of methoxy groups -OCH3 is 1. The number of hydrogen-bond acceptors (Lipinski definition) is 4. The topological polar surface area (TPSA) is 44.8 Å². The monoisotopic (exact) mass is 375 g/mol. The van der Waals surface area contributed by atoms with Gasteiger partial charge in [-0.3, -0.25) is 9.69 Å². The molecule has 0 saturated carbocycles. The first-order valence-electron chi connectivity index (χ1n) is 8.60. The summed E-state index contributed by atoms with van der Waals surface area (Å²) in [6.07, 6.45) is 0. The van der Waals surface area contributed by atoms with Crippen molar-refractivity contribution in [2.75, 3.05) is 45.2 Å². The molecule has 0 radical (unpaired) electrons. The molecule has 0 aliphatic carbocycles. The van der Waals surface area contributed by atoms with Crippen LogP contribution in [-0.4, -0.2) is 51.1 Å². The van der Waals surface area contributed by atoms with Gasteiger partial charge in [-0.15, -0.1) is 12.4 Å². The Labute approximate surface area is 161 Å². The lowest BCUT2D eigenvalue weighted by Gasteiger charge is -2.37. The first-order valence-corrected chi connectivity index (χ1v) is 8.60. The number of hydrogen-bond donors (Lipinski definition) is 1. The zero-order chi connectivity index (χ0) is 17.6. The highest BCUT2D eigenvalue weighted by Gasteiger charge is 2.28. The fourth-order valence-electron chi connectivity index (χ4n) is 3.26. The van der Waals surface area contributed by atoms with Gasteiger partial charge in [0.05, 0.1) is 19.7 Å². The molecular weight excluding hydrogens is 350 g/mol. The van der Waals surface area contributed by atoms with Gasteiger partial charge >= 0.3 is 0 Å². The van der Waals surface area contributed by atoms with Gasteiger partial charge in [0, 0.05) is 37.9 Å². The molecule has 2 aromatic carbocycles. The zero-order valence-corrected chi connectivity index (χ0v) is 16.0. The Hall–Kier alpha value is -2.08. The van der Waals surface area contributed by atoms with E-state index in [0.717, 1.165) is 36.6 Å². The zero-order valence-electron chi connectivity index (χ0n) is 15.2. The van der Waals surface area contributed by atoms with Crippen LogP contribution < -0.4 is 15.0 Å². The number of likely N-dealkylation sites (N-methyl/N-ethyl adjacent to an activating group) is 1. The van der Waals surface area contributed by atoms with E-state index in [9.17, 15) is 4.79 Å². The Morgan fingerprint density at radius 3 is 2.62 bits per heavy atom. The summed E-state index contributed by atoms with van der Waals surface area (Å²) in [6, 6.07) is 17.9. The number of nitrogens with zero attached hydrogens (tertiary/aromatic N) is 2. The Morgan fingerprint density at radius 1 is 1.19 bits per heavy atom. The predicted octanol–water partition coefficient (Wildman–Crippen LogP) is 2.73. The van der Waals surface area contributed by atoms with Crippen LogP contribution in [0.15, 0.2) is 54.6 Å². The van der Waals surface area contributed by atoms with E-state index >= 15 is 0 Å². The van der Waals surface area contributed by atoms with Crippen molar-refractivity contribution in [2.24, 2.45) is 0 Å². The van der Waals surface area contributed by atoms with Gasteiger partial charge in [0.25, 0.3) is 0 Å². The maximum absolute atomic E-state index is 12.8. The highest BCUT2D eigenvalue weighted by atomic mass is 35.5. The average Bonchev–Trinajstić information content (AvgIpc) is 2.68. The summed E-state index contributed by atoms with van der Waals surface area (Å²) in [7, 11) is 3.52. The van der Waals surface area contributed by atoms with Crippen molar-refractivity contribution < 1.29 is 9.53 Å². The molecule has 0 bridgehead atoms. The van der Waals surface area contributed by atoms with E-state index in [1.54, 1.807) is 12.0 Å². The van der Waals surface area contributed by atoms with Gasteiger partial charge < -0.3 is 15.0 Å². The number of ether oxygens (including phenoxy) is 1. The van der Waals surface area contributed by atoms with E-state index in [1.807, 2.05) is 55.6 Å². The Balaban J connectivity index is 0.00000243. The molecule has 140 valence electrons. The lowest BCUT2D eigenvalue weighted by molar-refractivity contribution is -0.120. The normalized spacial score (nSPS) is 17.2. The number of carbonyl (C=O) groups excluding carboxylic acids is 1. The fourth-order valence-corrected chi connectivity index (χ4v) is 3.26. The molecule has 1 fully saturated rings. The second-order valence-corrected chi connectivity index (χ2v) is 6.22. The van der Waals surface area contributed by atoms with Crippen LogP contribution in [0.5, 0.6) is 5.75 Å². The van der Waals surface area contributed by atoms with Gasteiger partial charge in [0.1, 0.15) is 5.75 Å². The summed E-state index contributed by atoms with van der Waals surface area (Å²) in [5.74, 6) is 0.957. The van der Waals surface area contributed by atoms with Crippen LogP contribution in [0.2, 0.25) is 0 Å². The molecule has 6 heteroatoms. The number of nitrogens with one attached hydrogen (secondary N) is 1. The number of halogens is 1. The third kappa shape index (κ3) is 4.55.